The number of Topliss-reactive ketones (excluding diaryl/α,β-unsaturated/α-hetero) is 1. The Labute approximate surface area is 135 Å². The van der Waals surface area contributed by atoms with Crippen molar-refractivity contribution >= 4 is 23.4 Å². The molecule has 2 fully saturated rings. The number of hydrogen-bond donors (Lipinski definition) is 1. The van der Waals surface area contributed by atoms with Gasteiger partial charge >= 0.3 is 5.97 Å². The van der Waals surface area contributed by atoms with Gasteiger partial charge in [0.05, 0.1) is 12.0 Å². The summed E-state index contributed by atoms with van der Waals surface area (Å²) in [5.41, 5.74) is -1.93. The third-order valence-electron chi connectivity index (χ3n) is 5.92. The number of aliphatic hydroxyl groups excluding tert-OH is 1. The minimum atomic E-state index is -1.07. The van der Waals surface area contributed by atoms with Gasteiger partial charge < -0.3 is 9.84 Å². The van der Waals surface area contributed by atoms with Gasteiger partial charge in [0.2, 0.25) is 0 Å². The number of esters is 1. The minimum absolute atomic E-state index is 0.00666. The van der Waals surface area contributed by atoms with Crippen LogP contribution in [0.15, 0.2) is 12.2 Å². The Kier molecular flexibility index (Phi) is 4.11. The van der Waals surface area contributed by atoms with E-state index in [-0.39, 0.29) is 24.0 Å². The Morgan fingerprint density at radius 1 is 1.50 bits per heavy atom. The number of ketones is 1. The van der Waals surface area contributed by atoms with Crippen molar-refractivity contribution in [1.29, 1.82) is 0 Å². The molecule has 0 radical (unpaired) electrons. The lowest BCUT2D eigenvalue weighted by Gasteiger charge is -2.57. The minimum Gasteiger partial charge on any atom is -0.456 e. The normalized spacial score (nSPS) is 41.8. The maximum atomic E-state index is 12.5. The predicted molar refractivity (Wildman–Crippen MR) is 82.5 cm³/mol. The average molecular weight is 327 g/mol. The number of halogens is 1. The molecule has 3 rings (SSSR count). The zero-order valence-corrected chi connectivity index (χ0v) is 13.6. The summed E-state index contributed by atoms with van der Waals surface area (Å²) < 4.78 is 5.55. The summed E-state index contributed by atoms with van der Waals surface area (Å²) in [6, 6.07) is 0. The van der Waals surface area contributed by atoms with Crippen LogP contribution >= 0.6 is 11.6 Å². The van der Waals surface area contributed by atoms with Crippen LogP contribution in [0.5, 0.6) is 0 Å². The molecule has 0 amide bonds. The molecule has 5 atom stereocenters. The molecule has 0 aromatic rings. The van der Waals surface area contributed by atoms with E-state index in [1.54, 1.807) is 0 Å². The molecule has 1 N–H and O–H groups in total. The number of ether oxygens (including phenoxy) is 1. The van der Waals surface area contributed by atoms with Crippen molar-refractivity contribution in [2.75, 3.05) is 5.88 Å². The van der Waals surface area contributed by atoms with Crippen LogP contribution in [0.25, 0.3) is 0 Å². The Morgan fingerprint density at radius 2 is 2.27 bits per heavy atom. The average Bonchev–Trinajstić information content (AvgIpc) is 2.73. The quantitative estimate of drug-likeness (QED) is 0.479. The Morgan fingerprint density at radius 3 is 2.82 bits per heavy atom. The fourth-order valence-corrected chi connectivity index (χ4v) is 5.03. The first-order chi connectivity index (χ1) is 10.5. The maximum Gasteiger partial charge on any atom is 0.319 e. The van der Waals surface area contributed by atoms with E-state index >= 15 is 0 Å². The van der Waals surface area contributed by atoms with Gasteiger partial charge in [0.15, 0.2) is 0 Å². The molecule has 22 heavy (non-hydrogen) atoms. The number of hydrogen-bond acceptors (Lipinski definition) is 4. The summed E-state index contributed by atoms with van der Waals surface area (Å²) in [6.45, 7) is 1.92. The molecule has 1 saturated carbocycles. The Balaban J connectivity index is 1.98. The zero-order valence-electron chi connectivity index (χ0n) is 12.9. The van der Waals surface area contributed by atoms with Crippen LogP contribution in [0.4, 0.5) is 0 Å². The largest absolute Gasteiger partial charge is 0.456 e. The number of carbonyl (C=O) groups excluding carboxylic acids is 2. The first-order valence-electron chi connectivity index (χ1n) is 8.20. The van der Waals surface area contributed by atoms with Gasteiger partial charge in [-0.15, -0.1) is 11.6 Å². The smallest absolute Gasteiger partial charge is 0.319 e. The predicted octanol–water partition coefficient (Wildman–Crippen LogP) is 2.61. The molecule has 122 valence electrons. The van der Waals surface area contributed by atoms with Gasteiger partial charge in [-0.2, -0.15) is 0 Å². The van der Waals surface area contributed by atoms with E-state index in [0.717, 1.165) is 19.3 Å². The van der Waals surface area contributed by atoms with Crippen molar-refractivity contribution in [3.8, 4) is 0 Å². The lowest BCUT2D eigenvalue weighted by Crippen LogP contribution is -2.71. The monoisotopic (exact) mass is 326 g/mol. The van der Waals surface area contributed by atoms with Crippen molar-refractivity contribution in [2.24, 2.45) is 17.3 Å². The highest BCUT2D eigenvalue weighted by Crippen LogP contribution is 2.64. The van der Waals surface area contributed by atoms with Crippen LogP contribution in [0.3, 0.4) is 0 Å². The van der Waals surface area contributed by atoms with Crippen molar-refractivity contribution in [1.82, 2.24) is 0 Å². The summed E-state index contributed by atoms with van der Waals surface area (Å²) in [5.74, 6) is -0.506. The first kappa shape index (κ1) is 16.0. The van der Waals surface area contributed by atoms with Crippen LogP contribution in [0, 0.1) is 17.3 Å². The number of allylic oxidation sites excluding steroid dienone is 1. The molecule has 5 unspecified atom stereocenters. The van der Waals surface area contributed by atoms with Crippen molar-refractivity contribution in [3.05, 3.63) is 12.2 Å². The molecule has 0 aromatic heterocycles. The molecule has 5 heteroatoms. The SMILES string of the molecule is CCC12OC(=O)C1(C(O)C1C=CCCC1)CC(=O)C2CCCl. The lowest BCUT2D eigenvalue weighted by atomic mass is 9.58. The van der Waals surface area contributed by atoms with E-state index < -0.39 is 23.1 Å². The van der Waals surface area contributed by atoms with Crippen LogP contribution < -0.4 is 0 Å². The highest BCUT2D eigenvalue weighted by molar-refractivity contribution is 6.18. The molecule has 0 aromatic carbocycles. The molecular formula is C17H23ClO4. The standard InChI is InChI=1S/C17H23ClO4/c1-2-17-12(8-9-18)13(19)10-16(17,15(21)22-17)14(20)11-6-4-3-5-7-11/h4,6,11-12,14,20H,2-3,5,7-10H2,1H3. The third-order valence-corrected chi connectivity index (χ3v) is 6.14. The van der Waals surface area contributed by atoms with Gasteiger partial charge in [-0.3, -0.25) is 9.59 Å². The number of carbonyl (C=O) groups is 2. The summed E-state index contributed by atoms with van der Waals surface area (Å²) in [7, 11) is 0. The molecular weight excluding hydrogens is 304 g/mol. The first-order valence-corrected chi connectivity index (χ1v) is 8.74. The third kappa shape index (κ3) is 1.86. The molecule has 1 aliphatic heterocycles. The van der Waals surface area contributed by atoms with Gasteiger partial charge in [0.25, 0.3) is 0 Å². The second kappa shape index (κ2) is 5.64. The van der Waals surface area contributed by atoms with Gasteiger partial charge in [-0.05, 0) is 32.1 Å². The van der Waals surface area contributed by atoms with E-state index in [4.69, 9.17) is 16.3 Å². The molecule has 1 saturated heterocycles. The Bertz CT molecular complexity index is 517. The van der Waals surface area contributed by atoms with Gasteiger partial charge in [0, 0.05) is 18.2 Å². The van der Waals surface area contributed by atoms with Crippen molar-refractivity contribution in [2.45, 2.75) is 57.2 Å². The second-order valence-electron chi connectivity index (χ2n) is 6.74. The van der Waals surface area contributed by atoms with E-state index in [1.165, 1.54) is 0 Å². The fraction of sp³-hybridized carbons (Fsp3) is 0.765. The number of rotatable bonds is 5. The topological polar surface area (TPSA) is 63.6 Å². The van der Waals surface area contributed by atoms with E-state index in [0.29, 0.717) is 18.7 Å². The van der Waals surface area contributed by atoms with Crippen LogP contribution in [-0.4, -0.2) is 34.4 Å². The summed E-state index contributed by atoms with van der Waals surface area (Å²) in [6.07, 6.45) is 7.18. The molecule has 1 heterocycles. The summed E-state index contributed by atoms with van der Waals surface area (Å²) >= 11 is 5.85. The van der Waals surface area contributed by atoms with Crippen LogP contribution in [0.2, 0.25) is 0 Å². The molecule has 3 aliphatic rings. The second-order valence-corrected chi connectivity index (χ2v) is 7.12. The van der Waals surface area contributed by atoms with E-state index in [9.17, 15) is 14.7 Å². The van der Waals surface area contributed by atoms with Crippen LogP contribution in [-0.2, 0) is 14.3 Å². The van der Waals surface area contributed by atoms with Crippen molar-refractivity contribution in [3.63, 3.8) is 0 Å². The molecule has 0 bridgehead atoms. The molecule has 0 spiro atoms. The molecule has 4 nitrogen and oxygen atoms in total. The Hall–Kier alpha value is -0.870. The highest BCUT2D eigenvalue weighted by atomic mass is 35.5. The molecule has 2 aliphatic carbocycles. The highest BCUT2D eigenvalue weighted by Gasteiger charge is 2.79. The maximum absolute atomic E-state index is 12.5. The number of alkyl halides is 1. The fourth-order valence-electron chi connectivity index (χ4n) is 4.82. The lowest BCUT2D eigenvalue weighted by molar-refractivity contribution is -0.269. The van der Waals surface area contributed by atoms with Gasteiger partial charge in [-0.25, -0.2) is 0 Å². The van der Waals surface area contributed by atoms with Crippen LogP contribution in [0.1, 0.15) is 45.4 Å². The van der Waals surface area contributed by atoms with Gasteiger partial charge in [-0.1, -0.05) is 19.1 Å². The van der Waals surface area contributed by atoms with E-state index in [2.05, 4.69) is 6.08 Å². The van der Waals surface area contributed by atoms with E-state index in [1.807, 2.05) is 13.0 Å². The van der Waals surface area contributed by atoms with Gasteiger partial charge in [0.1, 0.15) is 16.8 Å². The zero-order chi connectivity index (χ0) is 16.0. The summed E-state index contributed by atoms with van der Waals surface area (Å²) in [4.78, 5) is 24.9. The summed E-state index contributed by atoms with van der Waals surface area (Å²) in [5, 5.41) is 11.0. The van der Waals surface area contributed by atoms with Crippen molar-refractivity contribution < 1.29 is 19.4 Å². The number of aliphatic hydroxyl groups is 1. The number of fused-ring (bicyclic) bond motifs is 1.